The molecule has 0 aliphatic carbocycles. The zero-order valence-corrected chi connectivity index (χ0v) is 14.4. The van der Waals surface area contributed by atoms with Gasteiger partial charge < -0.3 is 5.32 Å². The van der Waals surface area contributed by atoms with Gasteiger partial charge in [-0.1, -0.05) is 11.6 Å². The predicted octanol–water partition coefficient (Wildman–Crippen LogP) is 3.73. The van der Waals surface area contributed by atoms with Crippen LogP contribution in [0.3, 0.4) is 0 Å². The molecule has 0 spiro atoms. The lowest BCUT2D eigenvalue weighted by Crippen LogP contribution is -2.12. The van der Waals surface area contributed by atoms with E-state index in [9.17, 15) is 4.79 Å². The summed E-state index contributed by atoms with van der Waals surface area (Å²) in [5, 5.41) is 9.43. The number of benzene rings is 1. The molecule has 0 aliphatic heterocycles. The summed E-state index contributed by atoms with van der Waals surface area (Å²) >= 11 is 6.17. The minimum atomic E-state index is -0.245. The number of nitrogens with one attached hydrogen (secondary N) is 1. The van der Waals surface area contributed by atoms with Crippen molar-refractivity contribution >= 4 is 45.1 Å². The quantitative estimate of drug-likeness (QED) is 0.597. The van der Waals surface area contributed by atoms with Crippen molar-refractivity contribution in [2.24, 2.45) is 7.05 Å². The molecule has 7 heteroatoms. The van der Waals surface area contributed by atoms with Crippen molar-refractivity contribution in [2.75, 3.05) is 5.32 Å². The lowest BCUT2D eigenvalue weighted by molar-refractivity contribution is 0.102. The normalized spacial score (nSPS) is 11.2. The highest BCUT2D eigenvalue weighted by Gasteiger charge is 2.14. The Labute approximate surface area is 148 Å². The summed E-state index contributed by atoms with van der Waals surface area (Å²) in [6.07, 6.45) is 3.22. The van der Waals surface area contributed by atoms with Gasteiger partial charge in [0, 0.05) is 30.2 Å². The van der Waals surface area contributed by atoms with Crippen LogP contribution in [0.1, 0.15) is 16.1 Å². The standard InChI is InChI=1S/C18H14ClN5O/c1-10-13-8-11(9-21-17(13)24(2)23-10)18(25)22-15-6-5-14(19)16-12(15)4-3-7-20-16/h3-9H,1-2H3,(H,22,25). The average molecular weight is 352 g/mol. The Morgan fingerprint density at radius 2 is 2.04 bits per heavy atom. The third-order valence-electron chi connectivity index (χ3n) is 4.09. The molecule has 3 aromatic heterocycles. The number of hydrogen-bond donors (Lipinski definition) is 1. The molecule has 0 bridgehead atoms. The van der Waals surface area contributed by atoms with Crippen LogP contribution in [0.4, 0.5) is 5.69 Å². The van der Waals surface area contributed by atoms with Crippen molar-refractivity contribution in [2.45, 2.75) is 6.92 Å². The van der Waals surface area contributed by atoms with Crippen molar-refractivity contribution in [3.63, 3.8) is 0 Å². The highest BCUT2D eigenvalue weighted by molar-refractivity contribution is 6.35. The first kappa shape index (κ1) is 15.5. The number of fused-ring (bicyclic) bond motifs is 2. The molecule has 3 heterocycles. The second-order valence-corrected chi connectivity index (χ2v) is 6.16. The fourth-order valence-electron chi connectivity index (χ4n) is 2.87. The first-order chi connectivity index (χ1) is 12.0. The number of amides is 1. The second kappa shape index (κ2) is 5.82. The maximum Gasteiger partial charge on any atom is 0.257 e. The highest BCUT2D eigenvalue weighted by Crippen LogP contribution is 2.28. The molecular formula is C18H14ClN5O. The number of pyridine rings is 2. The Hall–Kier alpha value is -2.99. The number of nitrogens with zero attached hydrogens (tertiary/aromatic N) is 4. The van der Waals surface area contributed by atoms with Crippen LogP contribution in [-0.4, -0.2) is 25.7 Å². The van der Waals surface area contributed by atoms with Crippen LogP contribution >= 0.6 is 11.6 Å². The minimum absolute atomic E-state index is 0.245. The minimum Gasteiger partial charge on any atom is -0.321 e. The molecule has 1 amide bonds. The lowest BCUT2D eigenvalue weighted by Gasteiger charge is -2.09. The molecular weight excluding hydrogens is 338 g/mol. The van der Waals surface area contributed by atoms with Crippen LogP contribution in [-0.2, 0) is 7.05 Å². The van der Waals surface area contributed by atoms with Crippen molar-refractivity contribution in [3.05, 3.63) is 59.0 Å². The number of carbonyl (C=O) groups is 1. The topological polar surface area (TPSA) is 72.7 Å². The van der Waals surface area contributed by atoms with Crippen LogP contribution in [0.2, 0.25) is 5.02 Å². The van der Waals surface area contributed by atoms with Crippen LogP contribution in [0.25, 0.3) is 21.9 Å². The summed E-state index contributed by atoms with van der Waals surface area (Å²) < 4.78 is 1.70. The van der Waals surface area contributed by atoms with E-state index in [-0.39, 0.29) is 5.91 Å². The number of hydrogen-bond acceptors (Lipinski definition) is 4. The molecule has 1 N–H and O–H groups in total. The first-order valence-corrected chi connectivity index (χ1v) is 8.06. The van der Waals surface area contributed by atoms with Gasteiger partial charge in [-0.25, -0.2) is 4.98 Å². The SMILES string of the molecule is Cc1nn(C)c2ncc(C(=O)Nc3ccc(Cl)c4ncccc34)cc12. The van der Waals surface area contributed by atoms with Crippen molar-refractivity contribution < 1.29 is 4.79 Å². The molecule has 25 heavy (non-hydrogen) atoms. The zero-order chi connectivity index (χ0) is 17.6. The molecule has 0 saturated carbocycles. The fourth-order valence-corrected chi connectivity index (χ4v) is 3.09. The summed E-state index contributed by atoms with van der Waals surface area (Å²) in [7, 11) is 1.83. The summed E-state index contributed by atoms with van der Waals surface area (Å²) in [6.45, 7) is 1.89. The maximum atomic E-state index is 12.7. The van der Waals surface area contributed by atoms with Gasteiger partial charge in [0.15, 0.2) is 5.65 Å². The van der Waals surface area contributed by atoms with Crippen LogP contribution in [0.5, 0.6) is 0 Å². The van der Waals surface area contributed by atoms with Gasteiger partial charge in [-0.2, -0.15) is 5.10 Å². The van der Waals surface area contributed by atoms with Gasteiger partial charge in [-0.05, 0) is 37.3 Å². The van der Waals surface area contributed by atoms with E-state index < -0.39 is 0 Å². The third kappa shape index (κ3) is 2.60. The lowest BCUT2D eigenvalue weighted by atomic mass is 10.1. The van der Waals surface area contributed by atoms with E-state index in [1.165, 1.54) is 0 Å². The summed E-state index contributed by atoms with van der Waals surface area (Å²) in [5.41, 5.74) is 3.35. The molecule has 4 aromatic rings. The van der Waals surface area contributed by atoms with Gasteiger partial charge in [-0.3, -0.25) is 14.5 Å². The number of anilines is 1. The van der Waals surface area contributed by atoms with E-state index >= 15 is 0 Å². The molecule has 0 fully saturated rings. The first-order valence-electron chi connectivity index (χ1n) is 7.68. The molecule has 6 nitrogen and oxygen atoms in total. The Morgan fingerprint density at radius 1 is 1.20 bits per heavy atom. The molecule has 4 rings (SSSR count). The molecule has 0 radical (unpaired) electrons. The molecule has 0 saturated heterocycles. The fraction of sp³-hybridized carbons (Fsp3) is 0.111. The van der Waals surface area contributed by atoms with Crippen molar-refractivity contribution in [3.8, 4) is 0 Å². The smallest absolute Gasteiger partial charge is 0.257 e. The van der Waals surface area contributed by atoms with E-state index in [0.29, 0.717) is 21.8 Å². The average Bonchev–Trinajstić information content (AvgIpc) is 2.91. The number of aromatic nitrogens is 4. The Bertz CT molecular complexity index is 1140. The van der Waals surface area contributed by atoms with Gasteiger partial charge in [0.05, 0.1) is 27.5 Å². The van der Waals surface area contributed by atoms with Crippen molar-refractivity contribution in [1.82, 2.24) is 19.7 Å². The predicted molar refractivity (Wildman–Crippen MR) is 98.0 cm³/mol. The second-order valence-electron chi connectivity index (χ2n) is 5.75. The zero-order valence-electron chi connectivity index (χ0n) is 13.6. The van der Waals surface area contributed by atoms with Gasteiger partial charge in [0.2, 0.25) is 0 Å². The number of carbonyl (C=O) groups excluding carboxylic acids is 1. The molecule has 0 unspecified atom stereocenters. The van der Waals surface area contributed by atoms with Crippen LogP contribution in [0, 0.1) is 6.92 Å². The molecule has 124 valence electrons. The van der Waals surface area contributed by atoms with E-state index in [0.717, 1.165) is 22.1 Å². The number of rotatable bonds is 2. The van der Waals surface area contributed by atoms with Gasteiger partial charge in [0.1, 0.15) is 0 Å². The number of aryl methyl sites for hydroxylation is 2. The molecule has 1 aromatic carbocycles. The largest absolute Gasteiger partial charge is 0.321 e. The van der Waals surface area contributed by atoms with Crippen LogP contribution < -0.4 is 5.32 Å². The number of halogens is 1. The van der Waals surface area contributed by atoms with Gasteiger partial charge in [0.25, 0.3) is 5.91 Å². The Kier molecular flexibility index (Phi) is 3.62. The Balaban J connectivity index is 1.73. The summed E-state index contributed by atoms with van der Waals surface area (Å²) in [4.78, 5) is 21.3. The van der Waals surface area contributed by atoms with E-state index in [2.05, 4.69) is 20.4 Å². The third-order valence-corrected chi connectivity index (χ3v) is 4.40. The van der Waals surface area contributed by atoms with E-state index in [4.69, 9.17) is 11.6 Å². The summed E-state index contributed by atoms with van der Waals surface area (Å²) in [5.74, 6) is -0.245. The van der Waals surface area contributed by atoms with Gasteiger partial charge >= 0.3 is 0 Å². The maximum absolute atomic E-state index is 12.7. The summed E-state index contributed by atoms with van der Waals surface area (Å²) in [6, 6.07) is 8.97. The van der Waals surface area contributed by atoms with Crippen LogP contribution in [0.15, 0.2) is 42.7 Å². The van der Waals surface area contributed by atoms with E-state index in [1.54, 1.807) is 41.3 Å². The van der Waals surface area contributed by atoms with E-state index in [1.807, 2.05) is 20.0 Å². The monoisotopic (exact) mass is 351 g/mol. The van der Waals surface area contributed by atoms with Gasteiger partial charge in [-0.15, -0.1) is 0 Å². The highest BCUT2D eigenvalue weighted by atomic mass is 35.5. The van der Waals surface area contributed by atoms with Crippen molar-refractivity contribution in [1.29, 1.82) is 0 Å². The molecule has 0 atom stereocenters. The molecule has 0 aliphatic rings. The Morgan fingerprint density at radius 3 is 2.88 bits per heavy atom.